The third kappa shape index (κ3) is 11.0. The predicted octanol–water partition coefficient (Wildman–Crippen LogP) is 4.47. The monoisotopic (exact) mass is 882 g/mol. The van der Waals surface area contributed by atoms with E-state index in [0.29, 0.717) is 44.1 Å². The van der Waals surface area contributed by atoms with E-state index in [9.17, 15) is 63.1 Å². The molecule has 332 valence electrons. The Kier molecular flexibility index (Phi) is 13.3. The first kappa shape index (κ1) is 44.9. The van der Waals surface area contributed by atoms with E-state index in [1.165, 1.54) is 27.8 Å². The van der Waals surface area contributed by atoms with E-state index in [1.54, 1.807) is 12.1 Å². The summed E-state index contributed by atoms with van der Waals surface area (Å²) >= 11 is 0. The Morgan fingerprint density at radius 2 is 1.60 bits per heavy atom. The zero-order valence-electron chi connectivity index (χ0n) is 32.2. The van der Waals surface area contributed by atoms with Crippen molar-refractivity contribution in [1.29, 1.82) is 0 Å². The van der Waals surface area contributed by atoms with Crippen molar-refractivity contribution < 1.29 is 72.6 Å². The highest BCUT2D eigenvalue weighted by Crippen LogP contribution is 2.46. The third-order valence-electron chi connectivity index (χ3n) is 11.2. The number of fused-ring (bicyclic) bond motifs is 3. The van der Waals surface area contributed by atoms with Gasteiger partial charge in [-0.1, -0.05) is 37.1 Å². The van der Waals surface area contributed by atoms with Gasteiger partial charge in [0, 0.05) is 24.4 Å². The molecule has 3 aliphatic heterocycles. The number of nitrogens with zero attached hydrogens (tertiary/aromatic N) is 3. The lowest BCUT2D eigenvalue weighted by atomic mass is 10.0. The van der Waals surface area contributed by atoms with Crippen LogP contribution in [0.1, 0.15) is 81.8 Å². The highest BCUT2D eigenvalue weighted by molar-refractivity contribution is 7.87. The van der Waals surface area contributed by atoms with Crippen molar-refractivity contribution in [3.8, 4) is 0 Å². The number of hydrogen-bond acceptors (Lipinski definition) is 9. The number of amides is 5. The Bertz CT molecular complexity index is 1950. The number of halogens is 7. The molecule has 3 fully saturated rings. The second-order valence-corrected chi connectivity index (χ2v) is 17.4. The molecule has 23 heteroatoms. The maximum absolute atomic E-state index is 14.5. The second-order valence-electron chi connectivity index (χ2n) is 15.8. The van der Waals surface area contributed by atoms with E-state index < -0.39 is 112 Å². The van der Waals surface area contributed by atoms with Gasteiger partial charge in [0.25, 0.3) is 5.91 Å². The van der Waals surface area contributed by atoms with Gasteiger partial charge < -0.3 is 25.0 Å². The average Bonchev–Trinajstić information content (AvgIpc) is 3.56. The Labute approximate surface area is 340 Å². The molecule has 1 aromatic rings. The molecular weight excluding hydrogens is 837 g/mol. The van der Waals surface area contributed by atoms with Gasteiger partial charge in [0.05, 0.1) is 13.1 Å². The van der Waals surface area contributed by atoms with E-state index in [4.69, 9.17) is 9.47 Å². The van der Waals surface area contributed by atoms with Gasteiger partial charge in [-0.25, -0.2) is 18.7 Å². The number of hydrogen-bond donors (Lipinski definition) is 3. The van der Waals surface area contributed by atoms with Crippen LogP contribution in [0.15, 0.2) is 30.4 Å². The van der Waals surface area contributed by atoms with Crippen LogP contribution in [-0.2, 0) is 47.2 Å². The molecule has 3 N–H and O–H groups in total. The summed E-state index contributed by atoms with van der Waals surface area (Å²) < 4.78 is 131. The van der Waals surface area contributed by atoms with Crippen LogP contribution in [0.3, 0.4) is 0 Å². The van der Waals surface area contributed by atoms with Crippen molar-refractivity contribution in [3.63, 3.8) is 0 Å². The standard InChI is InChI=1S/C37H45F7N6O9S/c38-27-13-8-9-22-17-48(19-26(22)27)34(55)59-25-15-29-30(51)46-35(32(53)47-60(56,57)49(20-36(39,40)41)21-37(42,43)44)16-23(35)10-4-2-1-3-5-14-28(31(52)50(29)18-25)45-33(54)58-24-11-6-7-12-24/h4,8-10,13,23-25,28-29H,1-3,5-7,11-12,14-21H2,(H,45,54)(H,46,51)(H,47,53)/b10-4-/t23-,25+,28-,29-,35+/m0/s1. The zero-order valence-corrected chi connectivity index (χ0v) is 33.0. The predicted molar refractivity (Wildman–Crippen MR) is 194 cm³/mol. The molecule has 1 saturated heterocycles. The van der Waals surface area contributed by atoms with Gasteiger partial charge in [-0.05, 0) is 63.0 Å². The number of rotatable bonds is 8. The summed E-state index contributed by atoms with van der Waals surface area (Å²) in [6.07, 6.45) is -6.83. The lowest BCUT2D eigenvalue weighted by molar-refractivity contribution is -0.165. The number of alkyl carbamates (subject to hydrolysis) is 1. The molecule has 2 aliphatic carbocycles. The summed E-state index contributed by atoms with van der Waals surface area (Å²) in [4.78, 5) is 71.0. The summed E-state index contributed by atoms with van der Waals surface area (Å²) in [5.74, 6) is -5.02. The second kappa shape index (κ2) is 17.7. The first-order valence-electron chi connectivity index (χ1n) is 19.6. The molecule has 3 heterocycles. The van der Waals surface area contributed by atoms with Crippen LogP contribution in [0.4, 0.5) is 40.3 Å². The minimum Gasteiger partial charge on any atom is -0.446 e. The summed E-state index contributed by atoms with van der Waals surface area (Å²) in [6, 6.07) is 1.55. The van der Waals surface area contributed by atoms with Gasteiger partial charge in [-0.2, -0.15) is 39.1 Å². The molecule has 0 aromatic heterocycles. The summed E-state index contributed by atoms with van der Waals surface area (Å²) in [5, 5.41) is 5.01. The van der Waals surface area contributed by atoms with Gasteiger partial charge in [0.2, 0.25) is 11.8 Å². The molecular formula is C37H45F7N6O9S. The molecule has 15 nitrogen and oxygen atoms in total. The smallest absolute Gasteiger partial charge is 0.410 e. The number of carbonyl (C=O) groups is 5. The Morgan fingerprint density at radius 3 is 2.27 bits per heavy atom. The fourth-order valence-corrected chi connectivity index (χ4v) is 9.30. The topological polar surface area (TPSA) is 184 Å². The molecule has 0 radical (unpaired) electrons. The van der Waals surface area contributed by atoms with Gasteiger partial charge in [-0.15, -0.1) is 0 Å². The lowest BCUT2D eigenvalue weighted by Crippen LogP contribution is -2.59. The molecule has 60 heavy (non-hydrogen) atoms. The average molecular weight is 883 g/mol. The number of benzene rings is 1. The van der Waals surface area contributed by atoms with E-state index in [1.807, 2.05) is 0 Å². The SMILES string of the molecule is O=C(N[C@H]1CCCCC/C=C\[C@H]2C[C@@]2(C(=O)NS(=O)(=O)N(CC(F)(F)F)CC(F)(F)F)NC(=O)[C@@H]2C[C@@H](OC(=O)N3Cc4cccc(F)c4C3)CN2C1=O)OC1CCCC1. The van der Waals surface area contributed by atoms with Crippen molar-refractivity contribution in [1.82, 2.24) is 29.5 Å². The molecule has 5 amide bonds. The molecule has 0 bridgehead atoms. The van der Waals surface area contributed by atoms with Gasteiger partial charge >= 0.3 is 34.7 Å². The van der Waals surface area contributed by atoms with Gasteiger partial charge in [0.1, 0.15) is 48.7 Å². The summed E-state index contributed by atoms with van der Waals surface area (Å²) in [6.45, 7) is -5.71. The third-order valence-corrected chi connectivity index (χ3v) is 12.6. The zero-order chi connectivity index (χ0) is 43.6. The summed E-state index contributed by atoms with van der Waals surface area (Å²) in [5.41, 5.74) is -1.39. The van der Waals surface area contributed by atoms with Crippen LogP contribution in [0, 0.1) is 11.7 Å². The quantitative estimate of drug-likeness (QED) is 0.251. The van der Waals surface area contributed by atoms with Crippen LogP contribution in [0.25, 0.3) is 0 Å². The molecule has 2 saturated carbocycles. The van der Waals surface area contributed by atoms with Crippen LogP contribution in [0.5, 0.6) is 0 Å². The molecule has 1 aromatic carbocycles. The number of alkyl halides is 6. The maximum Gasteiger partial charge on any atom is 0.410 e. The largest absolute Gasteiger partial charge is 0.446 e. The van der Waals surface area contributed by atoms with E-state index in [2.05, 4.69) is 10.6 Å². The molecule has 6 rings (SSSR count). The normalized spacial score (nSPS) is 27.2. The van der Waals surface area contributed by atoms with Crippen molar-refractivity contribution in [2.75, 3.05) is 19.6 Å². The minimum atomic E-state index is -5.82. The Hall–Kier alpha value is -4.67. The molecule has 5 atom stereocenters. The number of allylic oxidation sites excluding steroid dienone is 1. The molecule has 0 unspecified atom stereocenters. The first-order chi connectivity index (χ1) is 28.1. The van der Waals surface area contributed by atoms with Crippen molar-refractivity contribution in [2.24, 2.45) is 5.92 Å². The summed E-state index contributed by atoms with van der Waals surface area (Å²) in [7, 11) is -5.82. The number of ether oxygens (including phenoxy) is 2. The van der Waals surface area contributed by atoms with Crippen molar-refractivity contribution >= 4 is 40.1 Å². The Morgan fingerprint density at radius 1 is 0.917 bits per heavy atom. The number of carbonyl (C=O) groups excluding carboxylic acids is 5. The van der Waals surface area contributed by atoms with Crippen molar-refractivity contribution in [2.45, 2.75) is 126 Å². The van der Waals surface area contributed by atoms with E-state index in [0.717, 1.165) is 17.7 Å². The van der Waals surface area contributed by atoms with Gasteiger partial charge in [-0.3, -0.25) is 19.3 Å². The molecule has 5 aliphatic rings. The van der Waals surface area contributed by atoms with Crippen LogP contribution >= 0.6 is 0 Å². The number of nitrogens with one attached hydrogen (secondary N) is 3. The van der Waals surface area contributed by atoms with Crippen LogP contribution in [0.2, 0.25) is 0 Å². The van der Waals surface area contributed by atoms with Crippen LogP contribution < -0.4 is 15.4 Å². The highest BCUT2D eigenvalue weighted by Gasteiger charge is 2.62. The van der Waals surface area contributed by atoms with Crippen LogP contribution in [-0.4, -0.2) is 114 Å². The van der Waals surface area contributed by atoms with Gasteiger partial charge in [0.15, 0.2) is 0 Å². The van der Waals surface area contributed by atoms with Crippen molar-refractivity contribution in [3.05, 3.63) is 47.3 Å². The first-order valence-corrected chi connectivity index (χ1v) is 21.0. The fraction of sp³-hybridized carbons (Fsp3) is 0.649. The van der Waals surface area contributed by atoms with E-state index in [-0.39, 0.29) is 44.0 Å². The van der Waals surface area contributed by atoms with E-state index >= 15 is 0 Å². The lowest BCUT2D eigenvalue weighted by Gasteiger charge is -2.30. The minimum absolute atomic E-state index is 0.000872. The fourth-order valence-electron chi connectivity index (χ4n) is 8.12. The Balaban J connectivity index is 1.26. The molecule has 0 spiro atoms. The highest BCUT2D eigenvalue weighted by atomic mass is 32.2. The maximum atomic E-state index is 14.5.